The Morgan fingerprint density at radius 2 is 1.93 bits per heavy atom. The van der Waals surface area contributed by atoms with Gasteiger partial charge < -0.3 is 9.42 Å². The molecule has 1 aromatic carbocycles. The summed E-state index contributed by atoms with van der Waals surface area (Å²) in [5.74, 6) is 1.22. The van der Waals surface area contributed by atoms with Crippen LogP contribution in [0.3, 0.4) is 0 Å². The molecule has 2 fully saturated rings. The van der Waals surface area contributed by atoms with E-state index < -0.39 is 0 Å². The Bertz CT molecular complexity index is 828. The predicted molar refractivity (Wildman–Crippen MR) is 110 cm³/mol. The maximum Gasteiger partial charge on any atom is 0.223 e. The molecule has 1 aromatic heterocycles. The highest BCUT2D eigenvalue weighted by Crippen LogP contribution is 2.41. The van der Waals surface area contributed by atoms with Crippen LogP contribution < -0.4 is 0 Å². The van der Waals surface area contributed by atoms with Crippen LogP contribution in [-0.2, 0) is 11.3 Å². The van der Waals surface area contributed by atoms with Crippen LogP contribution >= 0.6 is 0 Å². The molecule has 4 rings (SSSR count). The SMILES string of the molecule is Cc1noc(C)c1CN1CCC2(CC1)CC(=O)N(CC=Cc1ccccc1)C2. The molecular weight excluding hydrogens is 350 g/mol. The zero-order chi connectivity index (χ0) is 19.6. The molecule has 0 bridgehead atoms. The molecule has 0 N–H and O–H groups in total. The van der Waals surface area contributed by atoms with Crippen molar-refractivity contribution in [2.75, 3.05) is 26.2 Å². The van der Waals surface area contributed by atoms with Gasteiger partial charge in [0.1, 0.15) is 5.76 Å². The van der Waals surface area contributed by atoms with Gasteiger partial charge in [0.05, 0.1) is 5.69 Å². The number of hydrogen-bond donors (Lipinski definition) is 0. The fourth-order valence-electron chi connectivity index (χ4n) is 4.50. The fourth-order valence-corrected chi connectivity index (χ4v) is 4.50. The first-order valence-electron chi connectivity index (χ1n) is 10.2. The summed E-state index contributed by atoms with van der Waals surface area (Å²) in [6.45, 7) is 8.55. The van der Waals surface area contributed by atoms with Gasteiger partial charge in [0.25, 0.3) is 0 Å². The maximum atomic E-state index is 12.6. The molecule has 0 aliphatic carbocycles. The summed E-state index contributed by atoms with van der Waals surface area (Å²) in [6, 6.07) is 10.2. The molecule has 0 unspecified atom stereocenters. The van der Waals surface area contributed by atoms with Crippen LogP contribution in [0.2, 0.25) is 0 Å². The molecule has 0 saturated carbocycles. The summed E-state index contributed by atoms with van der Waals surface area (Å²) in [5, 5.41) is 4.06. The smallest absolute Gasteiger partial charge is 0.223 e. The fraction of sp³-hybridized carbons (Fsp3) is 0.478. The Labute approximate surface area is 167 Å². The van der Waals surface area contributed by atoms with Gasteiger partial charge in [0.15, 0.2) is 0 Å². The number of rotatable bonds is 5. The van der Waals surface area contributed by atoms with Crippen LogP contribution in [0, 0.1) is 19.3 Å². The van der Waals surface area contributed by atoms with Gasteiger partial charge in [0, 0.05) is 31.6 Å². The van der Waals surface area contributed by atoms with Crippen molar-refractivity contribution in [3.8, 4) is 0 Å². The Morgan fingerprint density at radius 3 is 2.61 bits per heavy atom. The van der Waals surface area contributed by atoms with Gasteiger partial charge in [-0.2, -0.15) is 0 Å². The van der Waals surface area contributed by atoms with E-state index in [0.717, 1.165) is 50.5 Å². The first-order chi connectivity index (χ1) is 13.5. The van der Waals surface area contributed by atoms with Crippen LogP contribution in [0.1, 0.15) is 41.8 Å². The summed E-state index contributed by atoms with van der Waals surface area (Å²) < 4.78 is 5.29. The number of carbonyl (C=O) groups excluding carboxylic acids is 1. The lowest BCUT2D eigenvalue weighted by Crippen LogP contribution is -2.41. The monoisotopic (exact) mass is 379 g/mol. The number of benzene rings is 1. The number of hydrogen-bond acceptors (Lipinski definition) is 4. The van der Waals surface area contributed by atoms with Crippen molar-refractivity contribution in [3.05, 3.63) is 59.0 Å². The van der Waals surface area contributed by atoms with E-state index in [1.165, 1.54) is 11.1 Å². The largest absolute Gasteiger partial charge is 0.361 e. The number of piperidine rings is 1. The zero-order valence-corrected chi connectivity index (χ0v) is 16.9. The summed E-state index contributed by atoms with van der Waals surface area (Å²) in [5.41, 5.74) is 3.54. The van der Waals surface area contributed by atoms with E-state index in [1.807, 2.05) is 36.9 Å². The predicted octanol–water partition coefficient (Wildman–Crippen LogP) is 3.82. The number of aromatic nitrogens is 1. The maximum absolute atomic E-state index is 12.6. The van der Waals surface area contributed by atoms with Crippen molar-refractivity contribution in [1.29, 1.82) is 0 Å². The molecule has 5 nitrogen and oxygen atoms in total. The topological polar surface area (TPSA) is 49.6 Å². The quantitative estimate of drug-likeness (QED) is 0.792. The minimum absolute atomic E-state index is 0.160. The highest BCUT2D eigenvalue weighted by atomic mass is 16.5. The van der Waals surface area contributed by atoms with Crippen LogP contribution in [0.4, 0.5) is 0 Å². The summed E-state index contributed by atoms with van der Waals surface area (Å²) >= 11 is 0. The van der Waals surface area contributed by atoms with E-state index in [2.05, 4.69) is 34.3 Å². The van der Waals surface area contributed by atoms with Gasteiger partial charge in [-0.1, -0.05) is 47.6 Å². The van der Waals surface area contributed by atoms with Crippen LogP contribution in [0.25, 0.3) is 6.08 Å². The van der Waals surface area contributed by atoms with Crippen LogP contribution in [-0.4, -0.2) is 47.0 Å². The summed E-state index contributed by atoms with van der Waals surface area (Å²) in [4.78, 5) is 17.1. The molecule has 28 heavy (non-hydrogen) atoms. The van der Waals surface area contributed by atoms with Gasteiger partial charge in [-0.25, -0.2) is 0 Å². The Hall–Kier alpha value is -2.40. The van der Waals surface area contributed by atoms with Gasteiger partial charge in [-0.15, -0.1) is 0 Å². The molecule has 1 spiro atoms. The van der Waals surface area contributed by atoms with E-state index in [4.69, 9.17) is 4.52 Å². The number of aryl methyl sites for hydroxylation is 2. The first-order valence-corrected chi connectivity index (χ1v) is 10.2. The lowest BCUT2D eigenvalue weighted by Gasteiger charge is -2.38. The lowest BCUT2D eigenvalue weighted by atomic mass is 9.77. The molecule has 0 radical (unpaired) electrons. The summed E-state index contributed by atoms with van der Waals surface area (Å²) in [7, 11) is 0. The number of amides is 1. The number of carbonyl (C=O) groups is 1. The van der Waals surface area contributed by atoms with Gasteiger partial charge in [-0.05, 0) is 50.8 Å². The molecule has 3 heterocycles. The molecule has 148 valence electrons. The van der Waals surface area contributed by atoms with Crippen molar-refractivity contribution in [3.63, 3.8) is 0 Å². The molecule has 2 aliphatic heterocycles. The Balaban J connectivity index is 1.31. The number of likely N-dealkylation sites (tertiary alicyclic amines) is 2. The van der Waals surface area contributed by atoms with E-state index in [0.29, 0.717) is 18.9 Å². The van der Waals surface area contributed by atoms with Crippen molar-refractivity contribution in [2.45, 2.75) is 39.7 Å². The van der Waals surface area contributed by atoms with E-state index in [9.17, 15) is 4.79 Å². The second-order valence-electron chi connectivity index (χ2n) is 8.34. The molecule has 1 amide bonds. The lowest BCUT2D eigenvalue weighted by molar-refractivity contribution is -0.127. The zero-order valence-electron chi connectivity index (χ0n) is 16.9. The average Bonchev–Trinajstić information content (AvgIpc) is 3.18. The standard InChI is InChI=1S/C23H29N3O2/c1-18-21(19(2)28-24-18)16-25-13-10-23(11-14-25)15-22(27)26(17-23)12-6-9-20-7-4-3-5-8-20/h3-9H,10-17H2,1-2H3. The Kier molecular flexibility index (Phi) is 5.36. The highest BCUT2D eigenvalue weighted by molar-refractivity contribution is 5.79. The number of nitrogens with zero attached hydrogens (tertiary/aromatic N) is 3. The third-order valence-electron chi connectivity index (χ3n) is 6.32. The van der Waals surface area contributed by atoms with E-state index >= 15 is 0 Å². The molecule has 2 aliphatic rings. The molecule has 0 atom stereocenters. The van der Waals surface area contributed by atoms with E-state index in [-0.39, 0.29) is 5.41 Å². The minimum atomic E-state index is 0.160. The third-order valence-corrected chi connectivity index (χ3v) is 6.32. The molecule has 2 saturated heterocycles. The van der Waals surface area contributed by atoms with Crippen LogP contribution in [0.5, 0.6) is 0 Å². The van der Waals surface area contributed by atoms with Gasteiger partial charge >= 0.3 is 0 Å². The first kappa shape index (κ1) is 18.9. The molecule has 5 heteroatoms. The van der Waals surface area contributed by atoms with Crippen molar-refractivity contribution in [2.24, 2.45) is 5.41 Å². The third kappa shape index (κ3) is 4.04. The van der Waals surface area contributed by atoms with Crippen molar-refractivity contribution >= 4 is 12.0 Å². The van der Waals surface area contributed by atoms with Crippen molar-refractivity contribution < 1.29 is 9.32 Å². The Morgan fingerprint density at radius 1 is 1.18 bits per heavy atom. The molecule has 2 aromatic rings. The van der Waals surface area contributed by atoms with Gasteiger partial charge in [0.2, 0.25) is 5.91 Å². The second-order valence-corrected chi connectivity index (χ2v) is 8.34. The van der Waals surface area contributed by atoms with Crippen LogP contribution in [0.15, 0.2) is 40.9 Å². The average molecular weight is 380 g/mol. The second kappa shape index (κ2) is 7.92. The molecular formula is C23H29N3O2. The van der Waals surface area contributed by atoms with Gasteiger partial charge in [-0.3, -0.25) is 9.69 Å². The highest BCUT2D eigenvalue weighted by Gasteiger charge is 2.44. The van der Waals surface area contributed by atoms with E-state index in [1.54, 1.807) is 0 Å². The summed E-state index contributed by atoms with van der Waals surface area (Å²) in [6.07, 6.45) is 7.08. The van der Waals surface area contributed by atoms with Crippen molar-refractivity contribution in [1.82, 2.24) is 15.0 Å². The normalized spacial score (nSPS) is 19.9. The minimum Gasteiger partial charge on any atom is -0.361 e.